The number of nitrogens with zero attached hydrogens (tertiary/aromatic N) is 4. The Labute approximate surface area is 175 Å². The van der Waals surface area contributed by atoms with Gasteiger partial charge in [-0.3, -0.25) is 4.90 Å². The number of aromatic nitrogens is 1. The number of hydrogen-bond acceptors (Lipinski definition) is 5. The Bertz CT molecular complexity index is 947. The van der Waals surface area contributed by atoms with Gasteiger partial charge in [0, 0.05) is 44.0 Å². The second-order valence-electron chi connectivity index (χ2n) is 8.70. The van der Waals surface area contributed by atoms with E-state index < -0.39 is 0 Å². The number of hydrogen-bond donors (Lipinski definition) is 1. The molecule has 0 amide bonds. The summed E-state index contributed by atoms with van der Waals surface area (Å²) < 4.78 is 0. The van der Waals surface area contributed by atoms with E-state index in [1.54, 1.807) is 0 Å². The van der Waals surface area contributed by atoms with Crippen LogP contribution in [0.4, 0.5) is 5.82 Å². The molecule has 1 aliphatic heterocycles. The maximum absolute atomic E-state index is 9.85. The van der Waals surface area contributed by atoms with Gasteiger partial charge in [0.25, 0.3) is 0 Å². The van der Waals surface area contributed by atoms with Crippen LogP contribution in [0.1, 0.15) is 53.3 Å². The summed E-state index contributed by atoms with van der Waals surface area (Å²) in [5.41, 5.74) is 14.6. The summed E-state index contributed by atoms with van der Waals surface area (Å²) >= 11 is 0. The van der Waals surface area contributed by atoms with Gasteiger partial charge < -0.3 is 10.6 Å². The molecule has 0 aliphatic carbocycles. The zero-order chi connectivity index (χ0) is 21.3. The average Bonchev–Trinajstić information content (AvgIpc) is 2.67. The highest BCUT2D eigenvalue weighted by Crippen LogP contribution is 2.37. The highest BCUT2D eigenvalue weighted by Gasteiger charge is 2.22. The van der Waals surface area contributed by atoms with Crippen LogP contribution in [0.5, 0.6) is 0 Å². The first-order valence-corrected chi connectivity index (χ1v) is 10.4. The van der Waals surface area contributed by atoms with Gasteiger partial charge in [0.05, 0.1) is 0 Å². The molecule has 29 heavy (non-hydrogen) atoms. The number of anilines is 1. The van der Waals surface area contributed by atoms with Crippen LogP contribution in [0.15, 0.2) is 12.1 Å². The molecule has 0 radical (unpaired) electrons. The van der Waals surface area contributed by atoms with E-state index in [4.69, 9.17) is 5.73 Å². The number of pyridine rings is 1. The van der Waals surface area contributed by atoms with Gasteiger partial charge in [-0.05, 0) is 56.0 Å². The van der Waals surface area contributed by atoms with E-state index in [2.05, 4.69) is 74.7 Å². The van der Waals surface area contributed by atoms with E-state index in [-0.39, 0.29) is 5.92 Å². The molecule has 0 bridgehead atoms. The molecule has 5 nitrogen and oxygen atoms in total. The Kier molecular flexibility index (Phi) is 6.26. The minimum Gasteiger partial charge on any atom is -0.383 e. The molecule has 3 rings (SSSR count). The van der Waals surface area contributed by atoms with E-state index in [9.17, 15) is 5.26 Å². The van der Waals surface area contributed by atoms with Crippen molar-refractivity contribution in [1.29, 1.82) is 5.26 Å². The number of rotatable bonds is 4. The van der Waals surface area contributed by atoms with Crippen molar-refractivity contribution < 1.29 is 0 Å². The molecule has 1 fully saturated rings. The van der Waals surface area contributed by atoms with Crippen molar-refractivity contribution >= 4 is 5.82 Å². The molecule has 1 aliphatic rings. The lowest BCUT2D eigenvalue weighted by Crippen LogP contribution is -2.44. The topological polar surface area (TPSA) is 69.2 Å². The lowest BCUT2D eigenvalue weighted by Gasteiger charge is -2.33. The second kappa shape index (κ2) is 8.52. The molecule has 2 N–H and O–H groups in total. The molecular weight excluding hydrogens is 358 g/mol. The van der Waals surface area contributed by atoms with E-state index in [0.29, 0.717) is 11.4 Å². The minimum absolute atomic E-state index is 0.249. The number of nitrogens with two attached hydrogens (primary N) is 1. The number of nitriles is 1. The maximum atomic E-state index is 9.85. The van der Waals surface area contributed by atoms with Gasteiger partial charge in [0.2, 0.25) is 0 Å². The molecule has 5 heteroatoms. The fourth-order valence-electron chi connectivity index (χ4n) is 4.33. The highest BCUT2D eigenvalue weighted by atomic mass is 15.2. The SMILES string of the molecule is Cc1cc(CN2CCN(C)CC2)c(C)c(-c2c(C)c(C(C)C)nc(N)c2C#N)c1. The minimum atomic E-state index is 0.249. The van der Waals surface area contributed by atoms with E-state index in [0.717, 1.165) is 55.1 Å². The molecule has 154 valence electrons. The summed E-state index contributed by atoms with van der Waals surface area (Å²) in [6.07, 6.45) is 0. The summed E-state index contributed by atoms with van der Waals surface area (Å²) in [7, 11) is 2.18. The Balaban J connectivity index is 2.13. The summed E-state index contributed by atoms with van der Waals surface area (Å²) in [5, 5.41) is 9.85. The fraction of sp³-hybridized carbons (Fsp3) is 0.500. The molecule has 0 spiro atoms. The molecule has 0 atom stereocenters. The second-order valence-corrected chi connectivity index (χ2v) is 8.70. The Morgan fingerprint density at radius 2 is 1.76 bits per heavy atom. The molecule has 1 aromatic carbocycles. The van der Waals surface area contributed by atoms with Crippen molar-refractivity contribution in [2.45, 2.75) is 47.1 Å². The first-order valence-electron chi connectivity index (χ1n) is 10.4. The van der Waals surface area contributed by atoms with Crippen molar-refractivity contribution in [3.63, 3.8) is 0 Å². The first-order chi connectivity index (χ1) is 13.7. The number of benzene rings is 1. The normalized spacial score (nSPS) is 15.7. The molecule has 0 saturated carbocycles. The van der Waals surface area contributed by atoms with E-state index in [1.165, 1.54) is 16.7 Å². The van der Waals surface area contributed by atoms with Crippen LogP contribution < -0.4 is 5.73 Å². The van der Waals surface area contributed by atoms with Gasteiger partial charge in [-0.15, -0.1) is 0 Å². The fourth-order valence-corrected chi connectivity index (χ4v) is 4.33. The Hall–Kier alpha value is -2.42. The predicted molar refractivity (Wildman–Crippen MR) is 120 cm³/mol. The molecular formula is C24H33N5. The van der Waals surface area contributed by atoms with Crippen molar-refractivity contribution in [2.24, 2.45) is 0 Å². The van der Waals surface area contributed by atoms with Crippen molar-refractivity contribution in [1.82, 2.24) is 14.8 Å². The maximum Gasteiger partial charge on any atom is 0.142 e. The first kappa shape index (κ1) is 21.3. The number of nitrogen functional groups attached to an aromatic ring is 1. The Morgan fingerprint density at radius 1 is 1.10 bits per heavy atom. The lowest BCUT2D eigenvalue weighted by molar-refractivity contribution is 0.148. The average molecular weight is 392 g/mol. The number of aryl methyl sites for hydroxylation is 1. The zero-order valence-corrected chi connectivity index (χ0v) is 18.6. The third kappa shape index (κ3) is 4.29. The Morgan fingerprint density at radius 3 is 2.34 bits per heavy atom. The van der Waals surface area contributed by atoms with Crippen molar-refractivity contribution in [2.75, 3.05) is 39.0 Å². The monoisotopic (exact) mass is 391 g/mol. The van der Waals surface area contributed by atoms with E-state index in [1.807, 2.05) is 0 Å². The predicted octanol–water partition coefficient (Wildman–Crippen LogP) is 4.00. The van der Waals surface area contributed by atoms with Crippen LogP contribution in [0.3, 0.4) is 0 Å². The number of likely N-dealkylation sites (N-methyl/N-ethyl adjacent to an activating group) is 1. The van der Waals surface area contributed by atoms with Crippen LogP contribution >= 0.6 is 0 Å². The highest BCUT2D eigenvalue weighted by molar-refractivity contribution is 5.81. The van der Waals surface area contributed by atoms with Crippen LogP contribution in [-0.4, -0.2) is 48.0 Å². The molecule has 2 heterocycles. The van der Waals surface area contributed by atoms with Crippen LogP contribution in [0.25, 0.3) is 11.1 Å². The van der Waals surface area contributed by atoms with Gasteiger partial charge >= 0.3 is 0 Å². The zero-order valence-electron chi connectivity index (χ0n) is 18.6. The van der Waals surface area contributed by atoms with Crippen molar-refractivity contribution in [3.8, 4) is 17.2 Å². The van der Waals surface area contributed by atoms with E-state index >= 15 is 0 Å². The van der Waals surface area contributed by atoms with Gasteiger partial charge in [0.1, 0.15) is 17.5 Å². The van der Waals surface area contributed by atoms with Crippen LogP contribution in [0, 0.1) is 32.1 Å². The quantitative estimate of drug-likeness (QED) is 0.853. The lowest BCUT2D eigenvalue weighted by atomic mass is 9.87. The van der Waals surface area contributed by atoms with Crippen molar-refractivity contribution in [3.05, 3.63) is 45.6 Å². The summed E-state index contributed by atoms with van der Waals surface area (Å²) in [4.78, 5) is 9.44. The molecule has 0 unspecified atom stereocenters. The standard InChI is InChI=1S/C24H33N5/c1-15(2)23-18(5)22(21(13-25)24(26)27-23)20-12-16(3)11-19(17(20)4)14-29-9-7-28(6)8-10-29/h11-12,15H,7-10,14H2,1-6H3,(H2,26,27). The third-order valence-electron chi connectivity index (χ3n) is 6.08. The molecule has 1 saturated heterocycles. The summed E-state index contributed by atoms with van der Waals surface area (Å²) in [6, 6.07) is 6.79. The van der Waals surface area contributed by atoms with Gasteiger partial charge in [-0.1, -0.05) is 31.5 Å². The largest absolute Gasteiger partial charge is 0.383 e. The summed E-state index contributed by atoms with van der Waals surface area (Å²) in [6.45, 7) is 15.9. The third-order valence-corrected chi connectivity index (χ3v) is 6.08. The van der Waals surface area contributed by atoms with Crippen LogP contribution in [0.2, 0.25) is 0 Å². The molecule has 2 aromatic rings. The smallest absolute Gasteiger partial charge is 0.142 e. The number of piperazine rings is 1. The summed E-state index contributed by atoms with van der Waals surface area (Å²) in [5.74, 6) is 0.581. The van der Waals surface area contributed by atoms with Crippen LogP contribution in [-0.2, 0) is 6.54 Å². The molecule has 1 aromatic heterocycles. The van der Waals surface area contributed by atoms with Gasteiger partial charge in [-0.2, -0.15) is 5.26 Å². The van der Waals surface area contributed by atoms with Gasteiger partial charge in [-0.25, -0.2) is 4.98 Å². The van der Waals surface area contributed by atoms with Gasteiger partial charge in [0.15, 0.2) is 0 Å².